The number of hydrogen-bond acceptors (Lipinski definition) is 3. The predicted molar refractivity (Wildman–Crippen MR) is 73.8 cm³/mol. The molecule has 20 heavy (non-hydrogen) atoms. The summed E-state index contributed by atoms with van der Waals surface area (Å²) in [6.45, 7) is 2.32. The van der Waals surface area contributed by atoms with E-state index in [0.29, 0.717) is 18.7 Å². The van der Waals surface area contributed by atoms with Gasteiger partial charge in [-0.1, -0.05) is 12.1 Å². The highest BCUT2D eigenvalue weighted by Crippen LogP contribution is 2.26. The van der Waals surface area contributed by atoms with Gasteiger partial charge in [0.1, 0.15) is 11.8 Å². The van der Waals surface area contributed by atoms with Gasteiger partial charge in [0.05, 0.1) is 13.0 Å². The number of carbonyl (C=O) groups is 2. The van der Waals surface area contributed by atoms with Crippen LogP contribution in [0.15, 0.2) is 24.3 Å². The van der Waals surface area contributed by atoms with E-state index in [1.165, 1.54) is 4.90 Å². The molecule has 1 heterocycles. The van der Waals surface area contributed by atoms with E-state index in [1.54, 1.807) is 14.0 Å². The Kier molecular flexibility index (Phi) is 4.27. The lowest BCUT2D eigenvalue weighted by atomic mass is 9.99. The average Bonchev–Trinajstić information content (AvgIpc) is 2.95. The smallest absolute Gasteiger partial charge is 0.326 e. The van der Waals surface area contributed by atoms with Crippen LogP contribution in [0.25, 0.3) is 0 Å². The molecule has 1 aliphatic rings. The summed E-state index contributed by atoms with van der Waals surface area (Å²) in [5.74, 6) is -0.736. The van der Waals surface area contributed by atoms with Crippen molar-refractivity contribution in [1.82, 2.24) is 4.90 Å². The number of carboxylic acid groups (broad SMARTS) is 1. The standard InChI is InChI=1S/C15H19NO4/c1-10(11-5-3-6-12(9-11)20-2)14(17)16-8-4-7-13(16)15(18)19/h3,5-6,9-10,13H,4,7-8H2,1-2H3,(H,18,19)/t10-,13+/m1/s1. The van der Waals surface area contributed by atoms with Gasteiger partial charge in [0, 0.05) is 6.54 Å². The van der Waals surface area contributed by atoms with Crippen LogP contribution in [-0.2, 0) is 9.59 Å². The zero-order valence-electron chi connectivity index (χ0n) is 11.7. The topological polar surface area (TPSA) is 66.8 Å². The third-order valence-corrected chi connectivity index (χ3v) is 3.79. The first-order valence-electron chi connectivity index (χ1n) is 6.72. The average molecular weight is 277 g/mol. The number of nitrogens with zero attached hydrogens (tertiary/aromatic N) is 1. The van der Waals surface area contributed by atoms with Gasteiger partial charge in [-0.3, -0.25) is 4.79 Å². The zero-order valence-corrected chi connectivity index (χ0v) is 11.7. The highest BCUT2D eigenvalue weighted by atomic mass is 16.5. The second-order valence-electron chi connectivity index (χ2n) is 5.03. The fraction of sp³-hybridized carbons (Fsp3) is 0.467. The molecular weight excluding hydrogens is 258 g/mol. The summed E-state index contributed by atoms with van der Waals surface area (Å²) in [6.07, 6.45) is 1.28. The molecule has 2 atom stereocenters. The molecule has 0 unspecified atom stereocenters. The molecule has 1 aromatic carbocycles. The van der Waals surface area contributed by atoms with Crippen molar-refractivity contribution in [1.29, 1.82) is 0 Å². The first kappa shape index (κ1) is 14.4. The van der Waals surface area contributed by atoms with Crippen LogP contribution < -0.4 is 4.74 Å². The Labute approximate surface area is 118 Å². The number of methoxy groups -OCH3 is 1. The van der Waals surface area contributed by atoms with Gasteiger partial charge >= 0.3 is 5.97 Å². The van der Waals surface area contributed by atoms with E-state index >= 15 is 0 Å². The van der Waals surface area contributed by atoms with Gasteiger partial charge in [-0.2, -0.15) is 0 Å². The molecule has 1 aliphatic heterocycles. The van der Waals surface area contributed by atoms with Gasteiger partial charge in [0.15, 0.2) is 0 Å². The maximum Gasteiger partial charge on any atom is 0.326 e. The molecule has 5 nitrogen and oxygen atoms in total. The lowest BCUT2D eigenvalue weighted by Gasteiger charge is -2.25. The second kappa shape index (κ2) is 5.94. The van der Waals surface area contributed by atoms with E-state index in [4.69, 9.17) is 9.84 Å². The molecule has 0 saturated carbocycles. The Morgan fingerprint density at radius 1 is 1.45 bits per heavy atom. The summed E-state index contributed by atoms with van der Waals surface area (Å²) in [5.41, 5.74) is 0.838. The van der Waals surface area contributed by atoms with Crippen LogP contribution >= 0.6 is 0 Å². The molecule has 1 N–H and O–H groups in total. The number of benzene rings is 1. The summed E-state index contributed by atoms with van der Waals surface area (Å²) >= 11 is 0. The molecule has 0 bridgehead atoms. The summed E-state index contributed by atoms with van der Waals surface area (Å²) < 4.78 is 5.15. The number of carboxylic acids is 1. The minimum Gasteiger partial charge on any atom is -0.497 e. The van der Waals surface area contributed by atoms with E-state index in [9.17, 15) is 9.59 Å². The molecule has 5 heteroatoms. The monoisotopic (exact) mass is 277 g/mol. The minimum absolute atomic E-state index is 0.136. The van der Waals surface area contributed by atoms with Gasteiger partial charge in [0.25, 0.3) is 0 Å². The van der Waals surface area contributed by atoms with Crippen molar-refractivity contribution in [2.75, 3.05) is 13.7 Å². The van der Waals surface area contributed by atoms with E-state index < -0.39 is 12.0 Å². The quantitative estimate of drug-likeness (QED) is 0.912. The molecule has 1 saturated heterocycles. The van der Waals surface area contributed by atoms with Crippen LogP contribution in [0.1, 0.15) is 31.2 Å². The summed E-state index contributed by atoms with van der Waals surface area (Å²) in [4.78, 5) is 25.1. The summed E-state index contributed by atoms with van der Waals surface area (Å²) in [5, 5.41) is 9.15. The Morgan fingerprint density at radius 2 is 2.20 bits per heavy atom. The number of hydrogen-bond donors (Lipinski definition) is 1. The summed E-state index contributed by atoms with van der Waals surface area (Å²) in [7, 11) is 1.58. The van der Waals surface area contributed by atoms with Crippen molar-refractivity contribution in [3.63, 3.8) is 0 Å². The van der Waals surface area contributed by atoms with Crippen LogP contribution in [0.5, 0.6) is 5.75 Å². The molecule has 108 valence electrons. The largest absolute Gasteiger partial charge is 0.497 e. The van der Waals surface area contributed by atoms with Crippen LogP contribution in [0.2, 0.25) is 0 Å². The molecule has 0 spiro atoms. The maximum absolute atomic E-state index is 12.5. The molecular formula is C15H19NO4. The molecule has 0 radical (unpaired) electrons. The predicted octanol–water partition coefficient (Wildman–Crippen LogP) is 1.87. The molecule has 0 aliphatic carbocycles. The van der Waals surface area contributed by atoms with Gasteiger partial charge in [-0.05, 0) is 37.5 Å². The lowest BCUT2D eigenvalue weighted by molar-refractivity contribution is -0.148. The van der Waals surface area contributed by atoms with Crippen LogP contribution in [0.3, 0.4) is 0 Å². The Balaban J connectivity index is 2.17. The van der Waals surface area contributed by atoms with Gasteiger partial charge in [0.2, 0.25) is 5.91 Å². The Bertz CT molecular complexity index is 514. The number of likely N-dealkylation sites (tertiary alicyclic amines) is 1. The summed E-state index contributed by atoms with van der Waals surface area (Å²) in [6, 6.07) is 6.63. The van der Waals surface area contributed by atoms with Crippen LogP contribution in [-0.4, -0.2) is 41.6 Å². The number of ether oxygens (including phenoxy) is 1. The lowest BCUT2D eigenvalue weighted by Crippen LogP contribution is -2.42. The fourth-order valence-electron chi connectivity index (χ4n) is 2.59. The van der Waals surface area contributed by atoms with Crippen molar-refractivity contribution < 1.29 is 19.4 Å². The van der Waals surface area contributed by atoms with E-state index in [0.717, 1.165) is 12.0 Å². The second-order valence-corrected chi connectivity index (χ2v) is 5.03. The Morgan fingerprint density at radius 3 is 2.85 bits per heavy atom. The molecule has 2 rings (SSSR count). The van der Waals surface area contributed by atoms with Crippen molar-refractivity contribution in [3.05, 3.63) is 29.8 Å². The first-order valence-corrected chi connectivity index (χ1v) is 6.72. The number of rotatable bonds is 4. The maximum atomic E-state index is 12.5. The first-order chi connectivity index (χ1) is 9.54. The van der Waals surface area contributed by atoms with Crippen LogP contribution in [0.4, 0.5) is 0 Å². The van der Waals surface area contributed by atoms with Gasteiger partial charge < -0.3 is 14.7 Å². The van der Waals surface area contributed by atoms with Crippen molar-refractivity contribution >= 4 is 11.9 Å². The van der Waals surface area contributed by atoms with E-state index in [2.05, 4.69) is 0 Å². The third kappa shape index (κ3) is 2.76. The van der Waals surface area contributed by atoms with Gasteiger partial charge in [-0.15, -0.1) is 0 Å². The van der Waals surface area contributed by atoms with Gasteiger partial charge in [-0.25, -0.2) is 4.79 Å². The number of amides is 1. The SMILES string of the molecule is COc1cccc([C@@H](C)C(=O)N2CCC[C@H]2C(=O)O)c1. The van der Waals surface area contributed by atoms with Crippen molar-refractivity contribution in [3.8, 4) is 5.75 Å². The highest BCUT2D eigenvalue weighted by molar-refractivity contribution is 5.88. The van der Waals surface area contributed by atoms with Crippen LogP contribution in [0, 0.1) is 0 Å². The third-order valence-electron chi connectivity index (χ3n) is 3.79. The molecule has 1 amide bonds. The molecule has 1 fully saturated rings. The number of aliphatic carboxylic acids is 1. The van der Waals surface area contributed by atoms with E-state index in [1.807, 2.05) is 24.3 Å². The number of carbonyl (C=O) groups excluding carboxylic acids is 1. The Hall–Kier alpha value is -2.04. The highest BCUT2D eigenvalue weighted by Gasteiger charge is 2.36. The van der Waals surface area contributed by atoms with E-state index in [-0.39, 0.29) is 11.8 Å². The normalized spacial score (nSPS) is 19.7. The fourth-order valence-corrected chi connectivity index (χ4v) is 2.59. The minimum atomic E-state index is -0.923. The molecule has 0 aromatic heterocycles. The zero-order chi connectivity index (χ0) is 14.7. The van der Waals surface area contributed by atoms with Crippen molar-refractivity contribution in [2.24, 2.45) is 0 Å². The van der Waals surface area contributed by atoms with Crippen molar-refractivity contribution in [2.45, 2.75) is 31.7 Å². The molecule has 1 aromatic rings.